The van der Waals surface area contributed by atoms with Gasteiger partial charge in [-0.15, -0.1) is 0 Å². The second-order valence-electron chi connectivity index (χ2n) is 6.22. The van der Waals surface area contributed by atoms with E-state index in [9.17, 15) is 4.79 Å². The molecule has 0 spiro atoms. The Morgan fingerprint density at radius 1 is 1.40 bits per heavy atom. The molecule has 0 aliphatic carbocycles. The van der Waals surface area contributed by atoms with Crippen molar-refractivity contribution in [3.8, 4) is 0 Å². The van der Waals surface area contributed by atoms with Crippen LogP contribution in [0.15, 0.2) is 24.3 Å². The van der Waals surface area contributed by atoms with E-state index in [0.29, 0.717) is 11.6 Å². The molecule has 1 N–H and O–H groups in total. The minimum Gasteiger partial charge on any atom is -0.382 e. The predicted molar refractivity (Wildman–Crippen MR) is 81.1 cm³/mol. The molecular weight excluding hydrogens is 252 g/mol. The van der Waals surface area contributed by atoms with E-state index in [-0.39, 0.29) is 11.5 Å². The van der Waals surface area contributed by atoms with Crippen LogP contribution < -0.4 is 5.32 Å². The minimum atomic E-state index is -0.0764. The maximum absolute atomic E-state index is 12.0. The lowest BCUT2D eigenvalue weighted by molar-refractivity contribution is -0.0553. The summed E-state index contributed by atoms with van der Waals surface area (Å²) >= 11 is 0. The van der Waals surface area contributed by atoms with Gasteiger partial charge in [0, 0.05) is 38.0 Å². The van der Waals surface area contributed by atoms with Crippen molar-refractivity contribution < 1.29 is 9.53 Å². The Hall–Kier alpha value is -1.55. The third-order valence-electron chi connectivity index (χ3n) is 3.58. The summed E-state index contributed by atoms with van der Waals surface area (Å²) in [5, 5.41) is 3.52. The largest absolute Gasteiger partial charge is 0.382 e. The van der Waals surface area contributed by atoms with E-state index in [4.69, 9.17) is 4.74 Å². The topological polar surface area (TPSA) is 41.6 Å². The number of nitrogens with zero attached hydrogens (tertiary/aromatic N) is 1. The lowest BCUT2D eigenvalue weighted by Gasteiger charge is -2.36. The van der Waals surface area contributed by atoms with E-state index in [1.165, 1.54) is 0 Å². The summed E-state index contributed by atoms with van der Waals surface area (Å²) in [7, 11) is 3.53. The van der Waals surface area contributed by atoms with Crippen molar-refractivity contribution in [3.05, 3.63) is 29.8 Å². The molecule has 0 radical (unpaired) electrons. The molecule has 0 saturated carbocycles. The number of ether oxygens (including phenoxy) is 1. The Morgan fingerprint density at radius 2 is 2.15 bits per heavy atom. The predicted octanol–water partition coefficient (Wildman–Crippen LogP) is 2.76. The van der Waals surface area contributed by atoms with Crippen molar-refractivity contribution >= 4 is 11.6 Å². The van der Waals surface area contributed by atoms with Crippen molar-refractivity contribution in [2.75, 3.05) is 26.0 Å². The second-order valence-corrected chi connectivity index (χ2v) is 6.22. The maximum Gasteiger partial charge on any atom is 0.253 e. The Morgan fingerprint density at radius 3 is 2.80 bits per heavy atom. The van der Waals surface area contributed by atoms with Crippen LogP contribution in [0.5, 0.6) is 0 Å². The Balaban J connectivity index is 2.06. The first-order valence-electron chi connectivity index (χ1n) is 7.10. The zero-order valence-electron chi connectivity index (χ0n) is 12.8. The zero-order valence-corrected chi connectivity index (χ0v) is 12.8. The van der Waals surface area contributed by atoms with E-state index in [1.807, 2.05) is 24.3 Å². The lowest BCUT2D eigenvalue weighted by atomic mass is 9.93. The second kappa shape index (κ2) is 5.83. The monoisotopic (exact) mass is 276 g/mol. The molecule has 0 bridgehead atoms. The fourth-order valence-electron chi connectivity index (χ4n) is 2.59. The molecule has 1 atom stereocenters. The fourth-order valence-corrected chi connectivity index (χ4v) is 2.59. The van der Waals surface area contributed by atoms with Crippen molar-refractivity contribution in [2.45, 2.75) is 38.3 Å². The van der Waals surface area contributed by atoms with Crippen LogP contribution in [0.3, 0.4) is 0 Å². The number of benzene rings is 1. The van der Waals surface area contributed by atoms with Crippen molar-refractivity contribution in [2.24, 2.45) is 0 Å². The van der Waals surface area contributed by atoms with E-state index < -0.39 is 0 Å². The molecule has 1 heterocycles. The molecule has 1 aliphatic heterocycles. The molecule has 20 heavy (non-hydrogen) atoms. The van der Waals surface area contributed by atoms with Crippen LogP contribution in [0.4, 0.5) is 5.69 Å². The van der Waals surface area contributed by atoms with Crippen molar-refractivity contribution in [3.63, 3.8) is 0 Å². The lowest BCUT2D eigenvalue weighted by Crippen LogP contribution is -2.40. The number of rotatable bonds is 3. The molecular formula is C16H24N2O2. The van der Waals surface area contributed by atoms with E-state index in [2.05, 4.69) is 19.2 Å². The van der Waals surface area contributed by atoms with Crippen LogP contribution in [0, 0.1) is 0 Å². The van der Waals surface area contributed by atoms with Crippen molar-refractivity contribution in [1.29, 1.82) is 0 Å². The van der Waals surface area contributed by atoms with Gasteiger partial charge in [0.1, 0.15) is 0 Å². The molecule has 1 fully saturated rings. The number of nitrogens with one attached hydrogen (secondary N) is 1. The molecule has 1 aromatic rings. The molecule has 2 rings (SSSR count). The Bertz CT molecular complexity index is 483. The standard InChI is InChI=1S/C16H24N2O2/c1-16(2)11-14(8-9-20-16)17-13-7-5-6-12(10-13)15(19)18(3)4/h5-7,10,14,17H,8-9,11H2,1-4H3. The average Bonchev–Trinajstić information content (AvgIpc) is 2.37. The summed E-state index contributed by atoms with van der Waals surface area (Å²) in [6.45, 7) is 5.01. The summed E-state index contributed by atoms with van der Waals surface area (Å²) in [5.41, 5.74) is 1.64. The maximum atomic E-state index is 12.0. The number of hydrogen-bond acceptors (Lipinski definition) is 3. The Labute approximate surface area is 121 Å². The molecule has 0 aromatic heterocycles. The molecule has 1 amide bonds. The minimum absolute atomic E-state index is 0.0287. The highest BCUT2D eigenvalue weighted by Gasteiger charge is 2.28. The smallest absolute Gasteiger partial charge is 0.253 e. The SMILES string of the molecule is CN(C)C(=O)c1cccc(NC2CCOC(C)(C)C2)c1. The highest BCUT2D eigenvalue weighted by molar-refractivity contribution is 5.94. The fraction of sp³-hybridized carbons (Fsp3) is 0.562. The van der Waals surface area contributed by atoms with E-state index >= 15 is 0 Å². The van der Waals surface area contributed by atoms with Crippen LogP contribution in [-0.2, 0) is 4.74 Å². The number of hydrogen-bond donors (Lipinski definition) is 1. The quantitative estimate of drug-likeness (QED) is 0.923. The van der Waals surface area contributed by atoms with Gasteiger partial charge in [0.2, 0.25) is 0 Å². The highest BCUT2D eigenvalue weighted by Crippen LogP contribution is 2.26. The van der Waals surface area contributed by atoms with Crippen LogP contribution in [0.1, 0.15) is 37.0 Å². The normalized spacial score (nSPS) is 21.3. The third kappa shape index (κ3) is 3.73. The molecule has 1 aliphatic rings. The van der Waals surface area contributed by atoms with E-state index in [1.54, 1.807) is 19.0 Å². The summed E-state index contributed by atoms with van der Waals surface area (Å²) in [6.07, 6.45) is 1.97. The van der Waals surface area contributed by atoms with Gasteiger partial charge in [0.25, 0.3) is 5.91 Å². The average molecular weight is 276 g/mol. The van der Waals surface area contributed by atoms with Crippen LogP contribution >= 0.6 is 0 Å². The van der Waals surface area contributed by atoms with Crippen LogP contribution in [0.25, 0.3) is 0 Å². The molecule has 1 aromatic carbocycles. The first-order chi connectivity index (χ1) is 9.37. The van der Waals surface area contributed by atoms with Crippen LogP contribution in [0.2, 0.25) is 0 Å². The van der Waals surface area contributed by atoms with Gasteiger partial charge in [0.15, 0.2) is 0 Å². The summed E-state index contributed by atoms with van der Waals surface area (Å²) in [5.74, 6) is 0.0287. The number of carbonyl (C=O) groups excluding carboxylic acids is 1. The van der Waals surface area contributed by atoms with E-state index in [0.717, 1.165) is 25.1 Å². The Kier molecular flexibility index (Phi) is 4.33. The van der Waals surface area contributed by atoms with Gasteiger partial charge in [-0.05, 0) is 44.9 Å². The van der Waals surface area contributed by atoms with Gasteiger partial charge >= 0.3 is 0 Å². The highest BCUT2D eigenvalue weighted by atomic mass is 16.5. The number of anilines is 1. The van der Waals surface area contributed by atoms with Crippen LogP contribution in [-0.4, -0.2) is 43.2 Å². The summed E-state index contributed by atoms with van der Waals surface area (Å²) in [6, 6.07) is 8.09. The molecule has 1 saturated heterocycles. The summed E-state index contributed by atoms with van der Waals surface area (Å²) < 4.78 is 5.73. The molecule has 1 unspecified atom stereocenters. The van der Waals surface area contributed by atoms with Gasteiger partial charge in [-0.25, -0.2) is 0 Å². The van der Waals surface area contributed by atoms with Gasteiger partial charge < -0.3 is 15.0 Å². The third-order valence-corrected chi connectivity index (χ3v) is 3.58. The molecule has 110 valence electrons. The van der Waals surface area contributed by atoms with Gasteiger partial charge in [-0.1, -0.05) is 6.07 Å². The van der Waals surface area contributed by atoms with Gasteiger partial charge in [-0.3, -0.25) is 4.79 Å². The number of carbonyl (C=O) groups is 1. The summed E-state index contributed by atoms with van der Waals surface area (Å²) in [4.78, 5) is 13.6. The zero-order chi connectivity index (χ0) is 14.8. The molecule has 4 heteroatoms. The number of amides is 1. The first-order valence-corrected chi connectivity index (χ1v) is 7.10. The molecule has 4 nitrogen and oxygen atoms in total. The van der Waals surface area contributed by atoms with Crippen molar-refractivity contribution in [1.82, 2.24) is 4.90 Å². The van der Waals surface area contributed by atoms with Gasteiger partial charge in [0.05, 0.1) is 5.60 Å². The van der Waals surface area contributed by atoms with Gasteiger partial charge in [-0.2, -0.15) is 0 Å². The first kappa shape index (κ1) is 14.9.